The summed E-state index contributed by atoms with van der Waals surface area (Å²) in [5.74, 6) is -1.39. The number of hydrogen-bond donors (Lipinski definition) is 0. The fraction of sp³-hybridized carbons (Fsp3) is 0.600. The van der Waals surface area contributed by atoms with Gasteiger partial charge in [0.05, 0.1) is 13.2 Å². The van der Waals surface area contributed by atoms with Gasteiger partial charge in [-0.1, -0.05) is 51.1 Å². The Kier molecular flexibility index (Phi) is 5.89. The Labute approximate surface area is 152 Å². The maximum atomic E-state index is 12.6. The molecule has 0 radical (unpaired) electrons. The first-order valence-corrected chi connectivity index (χ1v) is 11.8. The molecule has 3 atom stereocenters. The molecule has 4 nitrogen and oxygen atoms in total. The van der Waals surface area contributed by atoms with Gasteiger partial charge >= 0.3 is 5.97 Å². The van der Waals surface area contributed by atoms with Gasteiger partial charge < -0.3 is 9.16 Å². The number of Topliss-reactive ketones (excluding diaryl/α,β-unsaturated/α-hetero) is 1. The Balaban J connectivity index is 2.30. The molecule has 25 heavy (non-hydrogen) atoms. The Morgan fingerprint density at radius 3 is 2.32 bits per heavy atom. The number of carbonyl (C=O) groups excluding carboxylic acids is 2. The number of benzene rings is 1. The fourth-order valence-electron chi connectivity index (χ4n) is 3.18. The van der Waals surface area contributed by atoms with Crippen LogP contribution in [0.4, 0.5) is 0 Å². The molecule has 0 bridgehead atoms. The third-order valence-electron chi connectivity index (χ3n) is 5.68. The van der Waals surface area contributed by atoms with Crippen LogP contribution in [0, 0.1) is 11.8 Å². The van der Waals surface area contributed by atoms with Crippen molar-refractivity contribution in [2.45, 2.75) is 57.8 Å². The van der Waals surface area contributed by atoms with E-state index in [1.54, 1.807) is 0 Å². The normalized spacial score (nSPS) is 24.4. The van der Waals surface area contributed by atoms with Gasteiger partial charge in [-0.2, -0.15) is 0 Å². The second-order valence-corrected chi connectivity index (χ2v) is 13.2. The molecule has 0 amide bonds. The van der Waals surface area contributed by atoms with Crippen LogP contribution < -0.4 is 0 Å². The molecule has 1 aliphatic rings. The standard InChI is InChI=1S/C20H30O4Si/c1-20(2,3)25(5,6)24-17-13-16(21)18(19(22)23-4)15(17)12-14-10-8-7-9-11-14/h7-11,15,17-18H,12-13H2,1-6H3/t15-,17-,18+/m0/s1. The number of methoxy groups -OCH3 is 1. The molecule has 0 spiro atoms. The van der Waals surface area contributed by atoms with Gasteiger partial charge in [0, 0.05) is 12.3 Å². The Hall–Kier alpha value is -1.46. The highest BCUT2D eigenvalue weighted by Gasteiger charge is 2.50. The minimum Gasteiger partial charge on any atom is -0.468 e. The minimum atomic E-state index is -2.04. The number of hydrogen-bond acceptors (Lipinski definition) is 4. The predicted octanol–water partition coefficient (Wildman–Crippen LogP) is 4.00. The highest BCUT2D eigenvalue weighted by atomic mass is 28.4. The second kappa shape index (κ2) is 7.42. The maximum Gasteiger partial charge on any atom is 0.316 e. The summed E-state index contributed by atoms with van der Waals surface area (Å²) in [6.45, 7) is 10.9. The SMILES string of the molecule is COC(=O)[C@H]1C(=O)C[C@H](O[Si](C)(C)C(C)(C)C)[C@@H]1Cc1ccccc1. The van der Waals surface area contributed by atoms with Crippen LogP contribution in [0.25, 0.3) is 0 Å². The van der Waals surface area contributed by atoms with Gasteiger partial charge in [0.25, 0.3) is 0 Å². The largest absolute Gasteiger partial charge is 0.468 e. The van der Waals surface area contributed by atoms with E-state index in [4.69, 9.17) is 9.16 Å². The molecular weight excluding hydrogens is 332 g/mol. The van der Waals surface area contributed by atoms with E-state index in [0.717, 1.165) is 5.56 Å². The van der Waals surface area contributed by atoms with Gasteiger partial charge in [-0.3, -0.25) is 9.59 Å². The van der Waals surface area contributed by atoms with E-state index >= 15 is 0 Å². The molecule has 1 aliphatic carbocycles. The molecule has 1 saturated carbocycles. The molecular formula is C20H30O4Si. The highest BCUT2D eigenvalue weighted by molar-refractivity contribution is 6.74. The summed E-state index contributed by atoms with van der Waals surface area (Å²) in [6, 6.07) is 9.97. The quantitative estimate of drug-likeness (QED) is 0.451. The molecule has 1 aromatic rings. The Morgan fingerprint density at radius 1 is 1.20 bits per heavy atom. The van der Waals surface area contributed by atoms with Crippen LogP contribution >= 0.6 is 0 Å². The van der Waals surface area contributed by atoms with Crippen molar-refractivity contribution in [1.29, 1.82) is 0 Å². The smallest absolute Gasteiger partial charge is 0.316 e. The van der Waals surface area contributed by atoms with Gasteiger partial charge in [0.2, 0.25) is 0 Å². The lowest BCUT2D eigenvalue weighted by Gasteiger charge is -2.40. The van der Waals surface area contributed by atoms with Crippen molar-refractivity contribution in [3.63, 3.8) is 0 Å². The minimum absolute atomic E-state index is 0.0523. The monoisotopic (exact) mass is 362 g/mol. The zero-order valence-electron chi connectivity index (χ0n) is 16.2. The van der Waals surface area contributed by atoms with Crippen molar-refractivity contribution in [3.8, 4) is 0 Å². The van der Waals surface area contributed by atoms with Crippen molar-refractivity contribution in [3.05, 3.63) is 35.9 Å². The van der Waals surface area contributed by atoms with Crippen LogP contribution in [-0.4, -0.2) is 33.3 Å². The van der Waals surface area contributed by atoms with Gasteiger partial charge in [-0.05, 0) is 30.1 Å². The van der Waals surface area contributed by atoms with Gasteiger partial charge in [-0.25, -0.2) is 0 Å². The molecule has 0 heterocycles. The van der Waals surface area contributed by atoms with Crippen molar-refractivity contribution in [2.75, 3.05) is 7.11 Å². The van der Waals surface area contributed by atoms with Gasteiger partial charge in [-0.15, -0.1) is 0 Å². The average molecular weight is 363 g/mol. The first-order chi connectivity index (χ1) is 11.6. The zero-order chi connectivity index (χ0) is 18.8. The lowest BCUT2D eigenvalue weighted by Crippen LogP contribution is -2.45. The summed E-state index contributed by atoms with van der Waals surface area (Å²) >= 11 is 0. The Bertz CT molecular complexity index is 618. The summed E-state index contributed by atoms with van der Waals surface area (Å²) in [7, 11) is -0.693. The summed E-state index contributed by atoms with van der Waals surface area (Å²) in [6.07, 6.45) is 0.716. The average Bonchev–Trinajstić information content (AvgIpc) is 2.81. The number of rotatable bonds is 5. The van der Waals surface area contributed by atoms with Crippen molar-refractivity contribution in [2.24, 2.45) is 11.8 Å². The summed E-state index contributed by atoms with van der Waals surface area (Å²) < 4.78 is 11.5. The van der Waals surface area contributed by atoms with Crippen LogP contribution in [0.15, 0.2) is 30.3 Å². The Morgan fingerprint density at radius 2 is 1.80 bits per heavy atom. The van der Waals surface area contributed by atoms with E-state index in [9.17, 15) is 9.59 Å². The van der Waals surface area contributed by atoms with Crippen LogP contribution in [0.5, 0.6) is 0 Å². The lowest BCUT2D eigenvalue weighted by molar-refractivity contribution is -0.150. The van der Waals surface area contributed by atoms with E-state index in [1.165, 1.54) is 7.11 Å². The van der Waals surface area contributed by atoms with E-state index in [2.05, 4.69) is 33.9 Å². The molecule has 0 aliphatic heterocycles. The van der Waals surface area contributed by atoms with Crippen molar-refractivity contribution < 1.29 is 18.8 Å². The molecule has 0 unspecified atom stereocenters. The van der Waals surface area contributed by atoms with Crippen LogP contribution in [0.2, 0.25) is 18.1 Å². The third kappa shape index (κ3) is 4.39. The number of carbonyl (C=O) groups is 2. The highest BCUT2D eigenvalue weighted by Crippen LogP contribution is 2.42. The zero-order valence-corrected chi connectivity index (χ0v) is 17.2. The number of esters is 1. The first kappa shape index (κ1) is 19.9. The van der Waals surface area contributed by atoms with Crippen molar-refractivity contribution >= 4 is 20.1 Å². The molecule has 2 rings (SSSR count). The van der Waals surface area contributed by atoms with E-state index < -0.39 is 20.2 Å². The fourth-order valence-corrected chi connectivity index (χ4v) is 4.55. The van der Waals surface area contributed by atoms with Crippen molar-refractivity contribution in [1.82, 2.24) is 0 Å². The molecule has 1 aromatic carbocycles. The van der Waals surface area contributed by atoms with Crippen LogP contribution in [0.1, 0.15) is 32.8 Å². The summed E-state index contributed by atoms with van der Waals surface area (Å²) in [4.78, 5) is 24.8. The van der Waals surface area contributed by atoms with Crippen LogP contribution in [0.3, 0.4) is 0 Å². The van der Waals surface area contributed by atoms with Crippen LogP contribution in [-0.2, 0) is 25.2 Å². The van der Waals surface area contributed by atoms with E-state index in [0.29, 0.717) is 12.8 Å². The molecule has 1 fully saturated rings. The molecule has 0 aromatic heterocycles. The first-order valence-electron chi connectivity index (χ1n) is 8.89. The van der Waals surface area contributed by atoms with E-state index in [1.807, 2.05) is 30.3 Å². The topological polar surface area (TPSA) is 52.6 Å². The second-order valence-electron chi connectivity index (χ2n) is 8.44. The van der Waals surface area contributed by atoms with E-state index in [-0.39, 0.29) is 22.8 Å². The predicted molar refractivity (Wildman–Crippen MR) is 101 cm³/mol. The molecule has 0 N–H and O–H groups in total. The van der Waals surface area contributed by atoms with Gasteiger partial charge in [0.15, 0.2) is 8.32 Å². The molecule has 5 heteroatoms. The van der Waals surface area contributed by atoms with Gasteiger partial charge in [0.1, 0.15) is 11.7 Å². The molecule has 0 saturated heterocycles. The summed E-state index contributed by atoms with van der Waals surface area (Å²) in [5, 5.41) is 0.0523. The number of ether oxygens (including phenoxy) is 1. The maximum absolute atomic E-state index is 12.6. The number of ketones is 1. The lowest BCUT2D eigenvalue weighted by atomic mass is 9.88. The molecule has 138 valence electrons. The third-order valence-corrected chi connectivity index (χ3v) is 10.2. The summed E-state index contributed by atoms with van der Waals surface area (Å²) in [5.41, 5.74) is 1.11.